The van der Waals surface area contributed by atoms with Gasteiger partial charge in [-0.3, -0.25) is 14.4 Å². The van der Waals surface area contributed by atoms with E-state index in [9.17, 15) is 19.3 Å². The monoisotopic (exact) mass is 755 g/mol. The highest BCUT2D eigenvalue weighted by Gasteiger charge is 2.28. The predicted octanol–water partition coefficient (Wildman–Crippen LogP) is 5.29. The molecule has 1 atom stereocenters. The van der Waals surface area contributed by atoms with Crippen LogP contribution in [0.3, 0.4) is 0 Å². The van der Waals surface area contributed by atoms with Crippen molar-refractivity contribution < 1.29 is 28.3 Å². The quantitative estimate of drug-likeness (QED) is 0.0357. The van der Waals surface area contributed by atoms with Gasteiger partial charge in [-0.05, 0) is 51.2 Å². The molecule has 0 saturated heterocycles. The number of nitrogens with zero attached hydrogens (tertiary/aromatic N) is 2. The molecule has 1 aliphatic heterocycles. The number of rotatable bonds is 24. The van der Waals surface area contributed by atoms with E-state index < -0.39 is 8.60 Å². The van der Waals surface area contributed by atoms with Crippen molar-refractivity contribution in [2.45, 2.75) is 111 Å². The molecule has 53 heavy (non-hydrogen) atoms. The van der Waals surface area contributed by atoms with Crippen molar-refractivity contribution in [3.63, 3.8) is 0 Å². The number of para-hydroxylation sites is 1. The molecule has 0 aliphatic carbocycles. The van der Waals surface area contributed by atoms with Crippen LogP contribution in [0.25, 0.3) is 11.4 Å². The second kappa shape index (κ2) is 24.0. The maximum absolute atomic E-state index is 13.8. The molecule has 1 heterocycles. The number of unbranched alkanes of at least 4 members (excludes halogenated alkanes) is 5. The summed E-state index contributed by atoms with van der Waals surface area (Å²) in [5.41, 5.74) is 11.2. The van der Waals surface area contributed by atoms with Gasteiger partial charge in [-0.25, -0.2) is 5.84 Å². The van der Waals surface area contributed by atoms with Crippen LogP contribution in [0.15, 0.2) is 48.5 Å². The molecule has 0 fully saturated rings. The van der Waals surface area contributed by atoms with Crippen molar-refractivity contribution in [2.75, 3.05) is 37.7 Å². The van der Waals surface area contributed by atoms with Crippen LogP contribution < -0.4 is 32.4 Å². The summed E-state index contributed by atoms with van der Waals surface area (Å²) >= 11 is 0. The fraction of sp³-hybridized carbons (Fsp3) is 0.564. The molecule has 1 unspecified atom stereocenters. The van der Waals surface area contributed by atoms with Gasteiger partial charge in [0.25, 0.3) is 0 Å². The van der Waals surface area contributed by atoms with Crippen LogP contribution >= 0.6 is 8.60 Å². The van der Waals surface area contributed by atoms with Gasteiger partial charge < -0.3 is 45.5 Å². The topological polar surface area (TPSA) is 185 Å². The first kappa shape index (κ1) is 43.8. The number of carbonyl (C=O) groups excluding carboxylic acids is 3. The molecule has 0 aromatic heterocycles. The van der Waals surface area contributed by atoms with Crippen LogP contribution in [0.1, 0.15) is 109 Å². The van der Waals surface area contributed by atoms with Gasteiger partial charge in [0.15, 0.2) is 0 Å². The minimum Gasteiger partial charge on any atom is -0.396 e. The third-order valence-electron chi connectivity index (χ3n) is 8.69. The van der Waals surface area contributed by atoms with Crippen LogP contribution in [0.2, 0.25) is 0 Å². The Morgan fingerprint density at radius 1 is 0.830 bits per heavy atom. The van der Waals surface area contributed by atoms with E-state index >= 15 is 0 Å². The molecule has 294 valence electrons. The Hall–Kier alpha value is -3.58. The first-order chi connectivity index (χ1) is 25.5. The molecule has 14 heteroatoms. The average molecular weight is 756 g/mol. The summed E-state index contributed by atoms with van der Waals surface area (Å²) in [6.45, 7) is 10.9. The van der Waals surface area contributed by atoms with E-state index in [1.165, 1.54) is 0 Å². The molecule has 0 spiro atoms. The minimum absolute atomic E-state index is 0.0394. The van der Waals surface area contributed by atoms with Gasteiger partial charge in [0.1, 0.15) is 0 Å². The van der Waals surface area contributed by atoms with Gasteiger partial charge in [0.2, 0.25) is 17.7 Å². The molecule has 3 rings (SSSR count). The summed E-state index contributed by atoms with van der Waals surface area (Å²) in [7, 11) is -1.81. The number of carbonyl (C=O) groups is 3. The van der Waals surface area contributed by atoms with Crippen molar-refractivity contribution in [3.8, 4) is 0 Å². The Kier molecular flexibility index (Phi) is 19.8. The van der Waals surface area contributed by atoms with Crippen LogP contribution in [-0.2, 0) is 30.0 Å². The number of anilines is 1. The lowest BCUT2D eigenvalue weighted by Crippen LogP contribution is -2.38. The molecule has 8 N–H and O–H groups in total. The van der Waals surface area contributed by atoms with Crippen molar-refractivity contribution in [3.05, 3.63) is 65.2 Å². The molecule has 1 aliphatic rings. The van der Waals surface area contributed by atoms with Crippen LogP contribution in [0.5, 0.6) is 0 Å². The number of fused-ring (bicyclic) bond motifs is 2. The molecular weight excluding hydrogens is 693 g/mol. The number of nitrogens with one attached hydrogen (secondary N) is 3. The number of benzene rings is 2. The average Bonchev–Trinajstić information content (AvgIpc) is 3.12. The summed E-state index contributed by atoms with van der Waals surface area (Å²) in [6.07, 6.45) is 6.46. The minimum atomic E-state index is -1.81. The SMILES string of the molecule is CC(C)NCCNC(=O)CCC(=O)N1Cc2ccccc2/C(N)=C(/N(N)CCCCCC(=O)NCCCCCCOP(O)OC(C)C)c2ccccc21. The maximum atomic E-state index is 13.8. The van der Waals surface area contributed by atoms with Gasteiger partial charge in [-0.15, -0.1) is 0 Å². The lowest BCUT2D eigenvalue weighted by atomic mass is 9.95. The smallest absolute Gasteiger partial charge is 0.330 e. The van der Waals surface area contributed by atoms with Crippen LogP contribution in [0, 0.1) is 0 Å². The van der Waals surface area contributed by atoms with E-state index in [2.05, 4.69) is 16.0 Å². The number of hydrogen-bond donors (Lipinski definition) is 6. The van der Waals surface area contributed by atoms with Crippen molar-refractivity contribution >= 4 is 43.4 Å². The van der Waals surface area contributed by atoms with Gasteiger partial charge in [-0.2, -0.15) is 0 Å². The summed E-state index contributed by atoms with van der Waals surface area (Å²) in [6, 6.07) is 15.7. The lowest BCUT2D eigenvalue weighted by Gasteiger charge is -2.33. The summed E-state index contributed by atoms with van der Waals surface area (Å²) in [5, 5.41) is 10.8. The Labute approximate surface area is 317 Å². The molecular formula is C39H62N7O6P. The molecule has 13 nitrogen and oxygen atoms in total. The number of hydrogen-bond acceptors (Lipinski definition) is 10. The standard InChI is InChI=1S/C39H62N7O6P/c1-29(2)42-24-25-44-36(48)21-22-37(49)45-28-31-16-9-10-17-32(31)38(40)39(33-18-11-12-19-34(33)45)46(41)26-14-7-8-20-35(47)43-23-13-5-6-15-27-51-53(50)52-30(3)4/h9-12,16-19,29-30,42,50H,5-8,13-15,20-28,40-41H2,1-4H3,(H,43,47)(H,44,48)/b39-38-. The van der Waals surface area contributed by atoms with Crippen LogP contribution in [-0.4, -0.2) is 72.6 Å². The third kappa shape index (κ3) is 15.7. The molecule has 2 aromatic rings. The van der Waals surface area contributed by atoms with Gasteiger partial charge in [-0.1, -0.05) is 75.6 Å². The highest BCUT2D eigenvalue weighted by atomic mass is 31.2. The van der Waals surface area contributed by atoms with Crippen molar-refractivity contribution in [1.29, 1.82) is 0 Å². The fourth-order valence-corrected chi connectivity index (χ4v) is 6.71. The normalized spacial score (nSPS) is 14.7. The largest absolute Gasteiger partial charge is 0.396 e. The highest BCUT2D eigenvalue weighted by Crippen LogP contribution is 2.37. The molecule has 0 saturated carbocycles. The van der Waals surface area contributed by atoms with Crippen LogP contribution in [0.4, 0.5) is 5.69 Å². The summed E-state index contributed by atoms with van der Waals surface area (Å²) in [5.74, 6) is 6.47. The number of amides is 3. The van der Waals surface area contributed by atoms with E-state index in [4.69, 9.17) is 20.6 Å². The second-order valence-corrected chi connectivity index (χ2v) is 14.8. The lowest BCUT2D eigenvalue weighted by molar-refractivity contribution is -0.125. The number of nitrogens with two attached hydrogens (primary N) is 2. The Morgan fingerprint density at radius 3 is 2.25 bits per heavy atom. The van der Waals surface area contributed by atoms with Gasteiger partial charge in [0, 0.05) is 62.6 Å². The molecule has 0 radical (unpaired) electrons. The fourth-order valence-electron chi connectivity index (χ4n) is 6.00. The zero-order valence-electron chi connectivity index (χ0n) is 32.1. The van der Waals surface area contributed by atoms with Crippen molar-refractivity contribution in [1.82, 2.24) is 21.0 Å². The second-order valence-electron chi connectivity index (χ2n) is 13.9. The van der Waals surface area contributed by atoms with Crippen molar-refractivity contribution in [2.24, 2.45) is 11.6 Å². The molecule has 2 aromatic carbocycles. The zero-order chi connectivity index (χ0) is 38.6. The molecule has 0 bridgehead atoms. The van der Waals surface area contributed by atoms with E-state index in [1.54, 1.807) is 9.91 Å². The first-order valence-electron chi connectivity index (χ1n) is 19.0. The molecule has 3 amide bonds. The van der Waals surface area contributed by atoms with E-state index in [0.29, 0.717) is 68.9 Å². The van der Waals surface area contributed by atoms with E-state index in [0.717, 1.165) is 61.6 Å². The number of hydrazine groups is 1. The van der Waals surface area contributed by atoms with Gasteiger partial charge in [0.05, 0.1) is 36.3 Å². The Balaban J connectivity index is 1.52. The van der Waals surface area contributed by atoms with E-state index in [-0.39, 0.29) is 36.7 Å². The predicted molar refractivity (Wildman–Crippen MR) is 213 cm³/mol. The summed E-state index contributed by atoms with van der Waals surface area (Å²) in [4.78, 5) is 50.1. The zero-order valence-corrected chi connectivity index (χ0v) is 33.0. The van der Waals surface area contributed by atoms with Gasteiger partial charge >= 0.3 is 8.60 Å². The summed E-state index contributed by atoms with van der Waals surface area (Å²) < 4.78 is 10.5. The van der Waals surface area contributed by atoms with E-state index in [1.807, 2.05) is 76.2 Å². The third-order valence-corrected chi connectivity index (χ3v) is 9.70. The maximum Gasteiger partial charge on any atom is 0.330 e. The highest BCUT2D eigenvalue weighted by molar-refractivity contribution is 7.40. The first-order valence-corrected chi connectivity index (χ1v) is 20.2. The Morgan fingerprint density at radius 2 is 1.49 bits per heavy atom. The Bertz CT molecular complexity index is 1470.